The monoisotopic (exact) mass is 422 g/mol. The van der Waals surface area contributed by atoms with Crippen LogP contribution in [0, 0.1) is 6.92 Å². The first-order valence-electron chi connectivity index (χ1n) is 9.09. The van der Waals surface area contributed by atoms with Crippen molar-refractivity contribution in [2.75, 3.05) is 19.0 Å². The third kappa shape index (κ3) is 4.18. The molecular formula is C22H18N2O5S. The highest BCUT2D eigenvalue weighted by Gasteiger charge is 2.12. The highest BCUT2D eigenvalue weighted by atomic mass is 32.1. The second kappa shape index (κ2) is 8.38. The van der Waals surface area contributed by atoms with Crippen LogP contribution in [0.15, 0.2) is 63.1 Å². The largest absolute Gasteiger partial charge is 0.493 e. The number of fused-ring (bicyclic) bond motifs is 1. The van der Waals surface area contributed by atoms with Gasteiger partial charge in [0.15, 0.2) is 23.1 Å². The molecule has 0 spiro atoms. The second-order valence-corrected chi connectivity index (χ2v) is 7.34. The van der Waals surface area contributed by atoms with Crippen LogP contribution in [0.5, 0.6) is 11.5 Å². The van der Waals surface area contributed by atoms with Gasteiger partial charge in [-0.05, 0) is 36.8 Å². The van der Waals surface area contributed by atoms with Crippen molar-refractivity contribution in [3.05, 3.63) is 70.0 Å². The molecule has 0 radical (unpaired) electrons. The summed E-state index contributed by atoms with van der Waals surface area (Å²) in [5.41, 5.74) is 1.92. The Kier molecular flexibility index (Phi) is 5.49. The maximum atomic E-state index is 12.5. The summed E-state index contributed by atoms with van der Waals surface area (Å²) in [6, 6.07) is 14.1. The van der Waals surface area contributed by atoms with Crippen LogP contribution >= 0.6 is 11.3 Å². The fourth-order valence-corrected chi connectivity index (χ4v) is 3.63. The highest BCUT2D eigenvalue weighted by Crippen LogP contribution is 2.28. The molecule has 2 aromatic heterocycles. The number of anilines is 1. The number of carbonyl (C=O) groups excluding carboxylic acids is 1. The standard InChI is InChI=1S/C22H18N2O5S/c1-13-12-30-22(23-13)24-19(25)11-28-16-8-6-14(7-9-16)17-10-15-4-3-5-18(27-2)20(15)29-21(17)26/h3-10,12H,11H2,1-2H3,(H,23,24,25). The van der Waals surface area contributed by atoms with E-state index >= 15 is 0 Å². The van der Waals surface area contributed by atoms with Crippen LogP contribution in [0.4, 0.5) is 5.13 Å². The normalized spacial score (nSPS) is 10.7. The minimum Gasteiger partial charge on any atom is -0.493 e. The van der Waals surface area contributed by atoms with Gasteiger partial charge < -0.3 is 13.9 Å². The van der Waals surface area contributed by atoms with E-state index in [9.17, 15) is 9.59 Å². The van der Waals surface area contributed by atoms with Crippen LogP contribution in [0.25, 0.3) is 22.1 Å². The summed E-state index contributed by atoms with van der Waals surface area (Å²) in [5, 5.41) is 5.84. The molecule has 1 amide bonds. The van der Waals surface area contributed by atoms with Crippen molar-refractivity contribution < 1.29 is 18.7 Å². The predicted octanol–water partition coefficient (Wildman–Crippen LogP) is 4.25. The van der Waals surface area contributed by atoms with Gasteiger partial charge in [0.2, 0.25) is 0 Å². The van der Waals surface area contributed by atoms with Crippen LogP contribution in [0.3, 0.4) is 0 Å². The zero-order chi connectivity index (χ0) is 21.1. The van der Waals surface area contributed by atoms with Gasteiger partial charge in [-0.2, -0.15) is 0 Å². The quantitative estimate of drug-likeness (QED) is 0.467. The fraction of sp³-hybridized carbons (Fsp3) is 0.136. The van der Waals surface area contributed by atoms with Gasteiger partial charge in [-0.3, -0.25) is 10.1 Å². The van der Waals surface area contributed by atoms with Crippen LogP contribution < -0.4 is 20.4 Å². The number of methoxy groups -OCH3 is 1. The van der Waals surface area contributed by atoms with Gasteiger partial charge in [0.25, 0.3) is 5.91 Å². The Bertz CT molecular complexity index is 1260. The number of aryl methyl sites for hydroxylation is 1. The summed E-state index contributed by atoms with van der Waals surface area (Å²) < 4.78 is 16.2. The minimum absolute atomic E-state index is 0.143. The van der Waals surface area contributed by atoms with E-state index in [1.54, 1.807) is 36.4 Å². The first kappa shape index (κ1) is 19.7. The molecule has 8 heteroatoms. The molecule has 4 rings (SSSR count). The van der Waals surface area contributed by atoms with Crippen molar-refractivity contribution in [1.29, 1.82) is 0 Å². The summed E-state index contributed by atoms with van der Waals surface area (Å²) in [5.74, 6) is 0.722. The number of aromatic nitrogens is 1. The molecule has 2 heterocycles. The first-order valence-corrected chi connectivity index (χ1v) is 9.97. The lowest BCUT2D eigenvalue weighted by Gasteiger charge is -2.08. The molecule has 0 aliphatic rings. The number of hydrogen-bond donors (Lipinski definition) is 1. The second-order valence-electron chi connectivity index (χ2n) is 6.48. The highest BCUT2D eigenvalue weighted by molar-refractivity contribution is 7.13. The van der Waals surface area contributed by atoms with Crippen molar-refractivity contribution in [2.45, 2.75) is 6.92 Å². The van der Waals surface area contributed by atoms with E-state index in [0.717, 1.165) is 11.1 Å². The SMILES string of the molecule is COc1cccc2cc(-c3ccc(OCC(=O)Nc4nc(C)cs4)cc3)c(=O)oc12. The molecule has 0 fully saturated rings. The number of amides is 1. The summed E-state index contributed by atoms with van der Waals surface area (Å²) in [4.78, 5) is 28.6. The van der Waals surface area contributed by atoms with E-state index in [1.807, 2.05) is 24.4 Å². The smallest absolute Gasteiger partial charge is 0.344 e. The predicted molar refractivity (Wildman–Crippen MR) is 115 cm³/mol. The van der Waals surface area contributed by atoms with E-state index in [4.69, 9.17) is 13.9 Å². The molecule has 0 atom stereocenters. The lowest BCUT2D eigenvalue weighted by molar-refractivity contribution is -0.118. The van der Waals surface area contributed by atoms with Crippen molar-refractivity contribution in [3.63, 3.8) is 0 Å². The van der Waals surface area contributed by atoms with Gasteiger partial charge in [0, 0.05) is 10.8 Å². The van der Waals surface area contributed by atoms with Gasteiger partial charge in [0.1, 0.15) is 5.75 Å². The summed E-state index contributed by atoms with van der Waals surface area (Å²) in [6.07, 6.45) is 0. The maximum absolute atomic E-state index is 12.5. The Morgan fingerprint density at radius 3 is 2.70 bits per heavy atom. The zero-order valence-electron chi connectivity index (χ0n) is 16.3. The molecule has 0 unspecified atom stereocenters. The van der Waals surface area contributed by atoms with Gasteiger partial charge in [-0.25, -0.2) is 9.78 Å². The number of ether oxygens (including phenoxy) is 2. The van der Waals surface area contributed by atoms with Gasteiger partial charge in [-0.15, -0.1) is 11.3 Å². The van der Waals surface area contributed by atoms with Crippen molar-refractivity contribution in [3.8, 4) is 22.6 Å². The minimum atomic E-state index is -0.459. The van der Waals surface area contributed by atoms with E-state index in [1.165, 1.54) is 18.4 Å². The molecule has 4 aromatic rings. The van der Waals surface area contributed by atoms with E-state index in [0.29, 0.717) is 33.3 Å². The Morgan fingerprint density at radius 2 is 2.00 bits per heavy atom. The molecule has 0 aliphatic heterocycles. The van der Waals surface area contributed by atoms with Gasteiger partial charge in [0.05, 0.1) is 18.4 Å². The average Bonchev–Trinajstić information content (AvgIpc) is 3.16. The number of carbonyl (C=O) groups is 1. The molecule has 2 aromatic carbocycles. The van der Waals surface area contributed by atoms with Crippen LogP contribution in [0.1, 0.15) is 5.69 Å². The van der Waals surface area contributed by atoms with Crippen LogP contribution in [0.2, 0.25) is 0 Å². The van der Waals surface area contributed by atoms with E-state index in [2.05, 4.69) is 10.3 Å². The summed E-state index contributed by atoms with van der Waals surface area (Å²) >= 11 is 1.36. The molecule has 1 N–H and O–H groups in total. The first-order chi connectivity index (χ1) is 14.5. The third-order valence-corrected chi connectivity index (χ3v) is 5.22. The lowest BCUT2D eigenvalue weighted by atomic mass is 10.1. The number of hydrogen-bond acceptors (Lipinski definition) is 7. The topological polar surface area (TPSA) is 90.7 Å². The Labute approximate surface area is 175 Å². The number of benzene rings is 2. The van der Waals surface area contributed by atoms with Crippen LogP contribution in [-0.2, 0) is 4.79 Å². The lowest BCUT2D eigenvalue weighted by Crippen LogP contribution is -2.20. The number of para-hydroxylation sites is 1. The van der Waals surface area contributed by atoms with Gasteiger partial charge in [-0.1, -0.05) is 24.3 Å². The Balaban J connectivity index is 1.47. The molecule has 0 saturated carbocycles. The molecule has 0 aliphatic carbocycles. The Hall–Kier alpha value is -3.65. The maximum Gasteiger partial charge on any atom is 0.344 e. The van der Waals surface area contributed by atoms with E-state index < -0.39 is 5.63 Å². The number of thiazole rings is 1. The zero-order valence-corrected chi connectivity index (χ0v) is 17.1. The molecule has 152 valence electrons. The van der Waals surface area contributed by atoms with Gasteiger partial charge >= 0.3 is 5.63 Å². The average molecular weight is 422 g/mol. The number of rotatable bonds is 6. The number of nitrogens with zero attached hydrogens (tertiary/aromatic N) is 1. The van der Waals surface area contributed by atoms with Crippen LogP contribution in [-0.4, -0.2) is 24.6 Å². The fourth-order valence-electron chi connectivity index (χ4n) is 2.93. The van der Waals surface area contributed by atoms with Crippen molar-refractivity contribution >= 4 is 33.3 Å². The molecule has 7 nitrogen and oxygen atoms in total. The molecule has 30 heavy (non-hydrogen) atoms. The molecular weight excluding hydrogens is 404 g/mol. The molecule has 0 saturated heterocycles. The van der Waals surface area contributed by atoms with Crippen molar-refractivity contribution in [1.82, 2.24) is 4.98 Å². The summed E-state index contributed by atoms with van der Waals surface area (Å²) in [6.45, 7) is 1.72. The summed E-state index contributed by atoms with van der Waals surface area (Å²) in [7, 11) is 1.53. The van der Waals surface area contributed by atoms with E-state index in [-0.39, 0.29) is 12.5 Å². The third-order valence-electron chi connectivity index (χ3n) is 4.34. The Morgan fingerprint density at radius 1 is 1.20 bits per heavy atom. The van der Waals surface area contributed by atoms with Crippen molar-refractivity contribution in [2.24, 2.45) is 0 Å². The molecule has 0 bridgehead atoms. The number of nitrogens with one attached hydrogen (secondary N) is 1.